The normalized spacial score (nSPS) is 15.6. The summed E-state index contributed by atoms with van der Waals surface area (Å²) < 4.78 is 73.1. The highest BCUT2D eigenvalue weighted by Gasteiger charge is 2.52. The van der Waals surface area contributed by atoms with E-state index in [0.717, 1.165) is 0 Å². The molecule has 0 radical (unpaired) electrons. The molecule has 1 fully saturated rings. The molecule has 12 heteroatoms. The molecule has 4 rings (SSSR count). The molecule has 0 aromatic heterocycles. The van der Waals surface area contributed by atoms with Gasteiger partial charge in [-0.05, 0) is 74.2 Å². The summed E-state index contributed by atoms with van der Waals surface area (Å²) in [5, 5.41) is 2.54. The van der Waals surface area contributed by atoms with Crippen LogP contribution in [0.15, 0.2) is 77.7 Å². The highest BCUT2D eigenvalue weighted by atomic mass is 32.2. The Morgan fingerprint density at radius 2 is 1.62 bits per heavy atom. The van der Waals surface area contributed by atoms with Crippen LogP contribution in [0.2, 0.25) is 0 Å². The van der Waals surface area contributed by atoms with Gasteiger partial charge in [-0.2, -0.15) is 4.31 Å². The molecule has 0 spiro atoms. The van der Waals surface area contributed by atoms with Crippen molar-refractivity contribution in [2.45, 2.75) is 63.2 Å². The SMILES string of the molecule is CC(C)COC(=O)[C@H](Cc1cccc(S(=O)(=O)N2CC(Oc3cccc(F)c3)(c3ccc(F)cc3)C2)c1)NC(=O)OC(C)(C)C. The molecule has 1 aliphatic rings. The van der Waals surface area contributed by atoms with Crippen LogP contribution in [0.4, 0.5) is 13.6 Å². The molecule has 1 saturated heterocycles. The third-order valence-corrected chi connectivity index (χ3v) is 8.64. The lowest BCUT2D eigenvalue weighted by molar-refractivity contribution is -0.147. The molecule has 1 aliphatic heterocycles. The number of sulfonamides is 1. The number of carbonyl (C=O) groups is 2. The maximum Gasteiger partial charge on any atom is 0.408 e. The molecular weight excluding hydrogens is 606 g/mol. The van der Waals surface area contributed by atoms with Crippen LogP contribution in [0.25, 0.3) is 0 Å². The van der Waals surface area contributed by atoms with Crippen molar-refractivity contribution in [2.75, 3.05) is 19.7 Å². The van der Waals surface area contributed by atoms with Gasteiger partial charge in [0.1, 0.15) is 29.0 Å². The van der Waals surface area contributed by atoms with E-state index in [-0.39, 0.29) is 42.7 Å². The van der Waals surface area contributed by atoms with Crippen molar-refractivity contribution >= 4 is 22.1 Å². The Balaban J connectivity index is 1.55. The summed E-state index contributed by atoms with van der Waals surface area (Å²) >= 11 is 0. The smallest absolute Gasteiger partial charge is 0.408 e. The number of alkyl carbamates (subject to hydrolysis) is 1. The molecule has 1 atom stereocenters. The quantitative estimate of drug-likeness (QED) is 0.272. The van der Waals surface area contributed by atoms with Gasteiger partial charge in [0.2, 0.25) is 10.0 Å². The van der Waals surface area contributed by atoms with Gasteiger partial charge >= 0.3 is 12.1 Å². The van der Waals surface area contributed by atoms with Crippen molar-refractivity contribution in [2.24, 2.45) is 5.92 Å². The molecular formula is C33H38F2N2O7S. The first-order chi connectivity index (χ1) is 21.1. The minimum atomic E-state index is -4.06. The van der Waals surface area contributed by atoms with E-state index in [9.17, 15) is 26.8 Å². The van der Waals surface area contributed by atoms with Crippen LogP contribution in [0.5, 0.6) is 5.75 Å². The molecule has 1 amide bonds. The third-order valence-electron chi connectivity index (χ3n) is 6.85. The number of benzene rings is 3. The molecule has 9 nitrogen and oxygen atoms in total. The zero-order valence-corrected chi connectivity index (χ0v) is 26.7. The standard InChI is InChI=1S/C33H38F2N2O7S/c1-22(2)19-42-30(38)29(36-31(39)44-32(3,4)5)17-23-8-6-11-28(16-23)45(40,41)37-20-33(21-37,24-12-14-25(34)15-13-24)43-27-10-7-9-26(35)18-27/h6-16,18,22,29H,17,19-21H2,1-5H3,(H,36,39)/t29-/m0/s1. The predicted octanol–water partition coefficient (Wildman–Crippen LogP) is 5.58. The number of carbonyl (C=O) groups excluding carboxylic acids is 2. The van der Waals surface area contributed by atoms with Gasteiger partial charge < -0.3 is 19.5 Å². The van der Waals surface area contributed by atoms with Crippen molar-refractivity contribution in [3.8, 4) is 5.75 Å². The van der Waals surface area contributed by atoms with E-state index in [0.29, 0.717) is 11.1 Å². The van der Waals surface area contributed by atoms with Gasteiger partial charge in [0.05, 0.1) is 24.6 Å². The molecule has 0 unspecified atom stereocenters. The summed E-state index contributed by atoms with van der Waals surface area (Å²) in [7, 11) is -4.06. The van der Waals surface area contributed by atoms with Crippen LogP contribution in [0.1, 0.15) is 45.7 Å². The number of hydrogen-bond donors (Lipinski definition) is 1. The first kappa shape index (κ1) is 33.9. The van der Waals surface area contributed by atoms with Gasteiger partial charge in [0.15, 0.2) is 5.60 Å². The zero-order valence-electron chi connectivity index (χ0n) is 25.9. The van der Waals surface area contributed by atoms with Crippen LogP contribution >= 0.6 is 0 Å². The summed E-state index contributed by atoms with van der Waals surface area (Å²) in [6.07, 6.45) is -0.865. The van der Waals surface area contributed by atoms with Gasteiger partial charge in [-0.3, -0.25) is 0 Å². The lowest BCUT2D eigenvalue weighted by Crippen LogP contribution is -2.64. The first-order valence-electron chi connectivity index (χ1n) is 14.5. The number of ether oxygens (including phenoxy) is 3. The molecule has 1 heterocycles. The van der Waals surface area contributed by atoms with E-state index < -0.39 is 51.0 Å². The Labute approximate surface area is 262 Å². The van der Waals surface area contributed by atoms with Gasteiger partial charge in [-0.25, -0.2) is 26.8 Å². The van der Waals surface area contributed by atoms with Crippen molar-refractivity contribution in [3.63, 3.8) is 0 Å². The van der Waals surface area contributed by atoms with Crippen LogP contribution in [0, 0.1) is 17.6 Å². The molecule has 3 aromatic carbocycles. The van der Waals surface area contributed by atoms with Crippen molar-refractivity contribution in [1.29, 1.82) is 0 Å². The highest BCUT2D eigenvalue weighted by Crippen LogP contribution is 2.40. The number of hydrogen-bond acceptors (Lipinski definition) is 7. The highest BCUT2D eigenvalue weighted by molar-refractivity contribution is 7.89. The second kappa shape index (κ2) is 13.5. The first-order valence-corrected chi connectivity index (χ1v) is 16.0. The number of amides is 1. The molecule has 45 heavy (non-hydrogen) atoms. The molecule has 242 valence electrons. The number of halogens is 2. The molecule has 1 N–H and O–H groups in total. The Kier molecular flexibility index (Phi) is 10.2. The van der Waals surface area contributed by atoms with E-state index in [1.54, 1.807) is 39.0 Å². The fourth-order valence-electron chi connectivity index (χ4n) is 4.72. The topological polar surface area (TPSA) is 111 Å². The molecule has 3 aromatic rings. The van der Waals surface area contributed by atoms with Gasteiger partial charge in [0.25, 0.3) is 0 Å². The summed E-state index contributed by atoms with van der Waals surface area (Å²) in [4.78, 5) is 25.4. The Bertz CT molecular complexity index is 1620. The van der Waals surface area contributed by atoms with E-state index in [1.807, 2.05) is 13.8 Å². The van der Waals surface area contributed by atoms with Crippen molar-refractivity contribution in [1.82, 2.24) is 9.62 Å². The monoisotopic (exact) mass is 644 g/mol. The zero-order chi connectivity index (χ0) is 33.0. The molecule has 0 saturated carbocycles. The van der Waals surface area contributed by atoms with Gasteiger partial charge in [-0.15, -0.1) is 0 Å². The molecule has 0 aliphatic carbocycles. The summed E-state index contributed by atoms with van der Waals surface area (Å²) in [6.45, 7) is 8.73. The molecule has 0 bridgehead atoms. The predicted molar refractivity (Wildman–Crippen MR) is 163 cm³/mol. The third kappa shape index (κ3) is 8.79. The Morgan fingerprint density at radius 3 is 2.24 bits per heavy atom. The lowest BCUT2D eigenvalue weighted by atomic mass is 9.87. The average Bonchev–Trinajstić information content (AvgIpc) is 2.92. The van der Waals surface area contributed by atoms with E-state index in [2.05, 4.69) is 5.32 Å². The summed E-state index contributed by atoms with van der Waals surface area (Å²) in [5.41, 5.74) is -0.998. The minimum Gasteiger partial charge on any atom is -0.480 e. The Hall–Kier alpha value is -4.03. The van der Waals surface area contributed by atoms with Crippen LogP contribution in [-0.2, 0) is 36.3 Å². The van der Waals surface area contributed by atoms with E-state index in [4.69, 9.17) is 14.2 Å². The van der Waals surface area contributed by atoms with Crippen LogP contribution < -0.4 is 10.1 Å². The number of rotatable bonds is 11. The largest absolute Gasteiger partial charge is 0.480 e. The fourth-order valence-corrected chi connectivity index (χ4v) is 6.33. The maximum atomic E-state index is 13.9. The van der Waals surface area contributed by atoms with E-state index in [1.165, 1.54) is 58.9 Å². The van der Waals surface area contributed by atoms with Crippen LogP contribution in [-0.4, -0.2) is 56.1 Å². The van der Waals surface area contributed by atoms with Crippen molar-refractivity contribution in [3.05, 3.63) is 95.6 Å². The summed E-state index contributed by atoms with van der Waals surface area (Å²) in [6, 6.07) is 15.9. The second-order valence-electron chi connectivity index (χ2n) is 12.4. The van der Waals surface area contributed by atoms with E-state index >= 15 is 0 Å². The summed E-state index contributed by atoms with van der Waals surface area (Å²) in [5.74, 6) is -1.40. The van der Waals surface area contributed by atoms with Gasteiger partial charge in [0, 0.05) is 12.5 Å². The Morgan fingerprint density at radius 1 is 0.956 bits per heavy atom. The fraction of sp³-hybridized carbons (Fsp3) is 0.394. The average molecular weight is 645 g/mol. The van der Waals surface area contributed by atoms with Crippen molar-refractivity contribution < 1.29 is 41.0 Å². The number of nitrogens with one attached hydrogen (secondary N) is 1. The maximum absolute atomic E-state index is 13.9. The lowest BCUT2D eigenvalue weighted by Gasteiger charge is -2.48. The number of esters is 1. The second-order valence-corrected chi connectivity index (χ2v) is 14.3. The number of nitrogens with zero attached hydrogens (tertiary/aromatic N) is 1. The minimum absolute atomic E-state index is 0.0370. The van der Waals surface area contributed by atoms with Crippen LogP contribution in [0.3, 0.4) is 0 Å². The van der Waals surface area contributed by atoms with Gasteiger partial charge in [-0.1, -0.05) is 44.2 Å².